The molecule has 2 N–H and O–H groups in total. The van der Waals surface area contributed by atoms with E-state index in [0.717, 1.165) is 12.8 Å². The molecule has 6 nitrogen and oxygen atoms in total. The van der Waals surface area contributed by atoms with E-state index >= 15 is 0 Å². The van der Waals surface area contributed by atoms with Crippen molar-refractivity contribution in [2.75, 3.05) is 14.1 Å². The first-order chi connectivity index (χ1) is 8.49. The number of primary amides is 1. The van der Waals surface area contributed by atoms with E-state index in [2.05, 4.69) is 4.98 Å². The third-order valence-corrected chi connectivity index (χ3v) is 2.56. The first-order valence-corrected chi connectivity index (χ1v) is 5.67. The van der Waals surface area contributed by atoms with Gasteiger partial charge in [0.25, 0.3) is 11.8 Å². The lowest BCUT2D eigenvalue weighted by molar-refractivity contribution is 0.0825. The molecule has 0 radical (unpaired) electrons. The summed E-state index contributed by atoms with van der Waals surface area (Å²) in [5, 5.41) is 0. The van der Waals surface area contributed by atoms with Gasteiger partial charge >= 0.3 is 0 Å². The van der Waals surface area contributed by atoms with Crippen LogP contribution in [0.15, 0.2) is 12.3 Å². The third kappa shape index (κ3) is 2.58. The number of aromatic nitrogens is 1. The van der Waals surface area contributed by atoms with Gasteiger partial charge in [-0.25, -0.2) is 4.98 Å². The lowest BCUT2D eigenvalue weighted by Crippen LogP contribution is -2.23. The molecular weight excluding hydrogens is 234 g/mol. The first-order valence-electron chi connectivity index (χ1n) is 5.67. The van der Waals surface area contributed by atoms with E-state index in [-0.39, 0.29) is 23.5 Å². The van der Waals surface area contributed by atoms with Gasteiger partial charge in [-0.2, -0.15) is 0 Å². The Morgan fingerprint density at radius 1 is 1.44 bits per heavy atom. The number of hydrogen-bond acceptors (Lipinski definition) is 4. The Labute approximate surface area is 105 Å². The molecule has 6 heteroatoms. The summed E-state index contributed by atoms with van der Waals surface area (Å²) in [6.45, 7) is 0. The monoisotopic (exact) mass is 249 g/mol. The maximum absolute atomic E-state index is 11.8. The van der Waals surface area contributed by atoms with Gasteiger partial charge in [0.05, 0.1) is 11.7 Å². The second-order valence-electron chi connectivity index (χ2n) is 4.45. The van der Waals surface area contributed by atoms with Crippen LogP contribution in [0.3, 0.4) is 0 Å². The van der Waals surface area contributed by atoms with Crippen molar-refractivity contribution in [3.05, 3.63) is 23.5 Å². The van der Waals surface area contributed by atoms with Crippen LogP contribution >= 0.6 is 0 Å². The van der Waals surface area contributed by atoms with E-state index in [1.807, 2.05) is 0 Å². The minimum absolute atomic E-state index is 0.0669. The van der Waals surface area contributed by atoms with Crippen LogP contribution in [-0.4, -0.2) is 41.9 Å². The summed E-state index contributed by atoms with van der Waals surface area (Å²) < 4.78 is 5.55. The van der Waals surface area contributed by atoms with Gasteiger partial charge in [-0.1, -0.05) is 0 Å². The number of ether oxygens (including phenoxy) is 1. The Kier molecular flexibility index (Phi) is 3.18. The van der Waals surface area contributed by atoms with Crippen LogP contribution in [0, 0.1) is 0 Å². The number of nitrogens with two attached hydrogens (primary N) is 1. The van der Waals surface area contributed by atoms with Crippen LogP contribution in [0.5, 0.6) is 5.75 Å². The van der Waals surface area contributed by atoms with Crippen LogP contribution in [0.4, 0.5) is 0 Å². The van der Waals surface area contributed by atoms with Crippen molar-refractivity contribution in [2.45, 2.75) is 18.9 Å². The van der Waals surface area contributed by atoms with Crippen LogP contribution in [0.2, 0.25) is 0 Å². The van der Waals surface area contributed by atoms with E-state index in [1.54, 1.807) is 14.1 Å². The molecule has 0 aromatic carbocycles. The average molecular weight is 249 g/mol. The van der Waals surface area contributed by atoms with Gasteiger partial charge in [-0.3, -0.25) is 9.59 Å². The molecular formula is C12H15N3O3. The fraction of sp³-hybridized carbons (Fsp3) is 0.417. The molecule has 0 atom stereocenters. The van der Waals surface area contributed by atoms with Gasteiger partial charge < -0.3 is 15.4 Å². The molecule has 1 saturated carbocycles. The van der Waals surface area contributed by atoms with Gasteiger partial charge in [-0.05, 0) is 18.9 Å². The van der Waals surface area contributed by atoms with Gasteiger partial charge in [0.2, 0.25) is 0 Å². The fourth-order valence-corrected chi connectivity index (χ4v) is 1.46. The predicted octanol–water partition coefficient (Wildman–Crippen LogP) is 0.423. The molecule has 1 aromatic rings. The van der Waals surface area contributed by atoms with Crippen molar-refractivity contribution in [1.82, 2.24) is 9.88 Å². The van der Waals surface area contributed by atoms with E-state index in [4.69, 9.17) is 10.5 Å². The summed E-state index contributed by atoms with van der Waals surface area (Å²) >= 11 is 0. The molecule has 1 aliphatic rings. The molecule has 0 unspecified atom stereocenters. The molecule has 0 spiro atoms. The molecule has 1 aromatic heterocycles. The van der Waals surface area contributed by atoms with E-state index in [0.29, 0.717) is 5.56 Å². The SMILES string of the molecule is CN(C)C(=O)c1cnc(C(N)=O)c(OC2CC2)c1. The van der Waals surface area contributed by atoms with Gasteiger partial charge in [0.1, 0.15) is 0 Å². The molecule has 0 aliphatic heterocycles. The normalized spacial score (nSPS) is 14.1. The van der Waals surface area contributed by atoms with Crippen LogP contribution in [-0.2, 0) is 0 Å². The van der Waals surface area contributed by atoms with Crippen molar-refractivity contribution >= 4 is 11.8 Å². The summed E-state index contributed by atoms with van der Waals surface area (Å²) in [4.78, 5) is 28.4. The average Bonchev–Trinajstić information content (AvgIpc) is 3.11. The summed E-state index contributed by atoms with van der Waals surface area (Å²) in [5.74, 6) is -0.564. The quantitative estimate of drug-likeness (QED) is 0.838. The maximum Gasteiger partial charge on any atom is 0.271 e. The summed E-state index contributed by atoms with van der Waals surface area (Å²) in [6.07, 6.45) is 3.34. The number of hydrogen-bond donors (Lipinski definition) is 1. The summed E-state index contributed by atoms with van der Waals surface area (Å²) in [6, 6.07) is 1.52. The molecule has 1 heterocycles. The van der Waals surface area contributed by atoms with Gasteiger partial charge in [0.15, 0.2) is 11.4 Å². The van der Waals surface area contributed by atoms with E-state index < -0.39 is 5.91 Å². The Morgan fingerprint density at radius 2 is 2.11 bits per heavy atom. The van der Waals surface area contributed by atoms with Crippen LogP contribution < -0.4 is 10.5 Å². The van der Waals surface area contributed by atoms with Crippen molar-refractivity contribution in [2.24, 2.45) is 5.73 Å². The third-order valence-electron chi connectivity index (χ3n) is 2.56. The molecule has 2 amide bonds. The second-order valence-corrected chi connectivity index (χ2v) is 4.45. The van der Waals surface area contributed by atoms with Crippen LogP contribution in [0.25, 0.3) is 0 Å². The van der Waals surface area contributed by atoms with E-state index in [1.165, 1.54) is 17.2 Å². The Hall–Kier alpha value is -2.11. The van der Waals surface area contributed by atoms with Crippen molar-refractivity contribution in [3.63, 3.8) is 0 Å². The molecule has 1 aliphatic carbocycles. The lowest BCUT2D eigenvalue weighted by atomic mass is 10.2. The summed E-state index contributed by atoms with van der Waals surface area (Å²) in [5.41, 5.74) is 5.66. The van der Waals surface area contributed by atoms with Crippen LogP contribution in [0.1, 0.15) is 33.7 Å². The molecule has 1 fully saturated rings. The van der Waals surface area contributed by atoms with Crippen molar-refractivity contribution in [3.8, 4) is 5.75 Å². The standard InChI is InChI=1S/C12H15N3O3/c1-15(2)12(17)7-5-9(18-8-3-4-8)10(11(13)16)14-6-7/h5-6,8H,3-4H2,1-2H3,(H2,13,16). The second kappa shape index (κ2) is 4.64. The van der Waals surface area contributed by atoms with Gasteiger partial charge in [0, 0.05) is 20.3 Å². The Bertz CT molecular complexity index is 495. The Morgan fingerprint density at radius 3 is 2.61 bits per heavy atom. The number of carbonyl (C=O) groups is 2. The minimum atomic E-state index is -0.658. The number of nitrogens with zero attached hydrogens (tertiary/aromatic N) is 2. The minimum Gasteiger partial charge on any atom is -0.488 e. The fourth-order valence-electron chi connectivity index (χ4n) is 1.46. The maximum atomic E-state index is 11.8. The Balaban J connectivity index is 2.34. The zero-order valence-electron chi connectivity index (χ0n) is 10.3. The number of pyridine rings is 1. The highest BCUT2D eigenvalue weighted by molar-refractivity contribution is 5.97. The lowest BCUT2D eigenvalue weighted by Gasteiger charge is -2.13. The van der Waals surface area contributed by atoms with E-state index in [9.17, 15) is 9.59 Å². The first kappa shape index (κ1) is 12.3. The topological polar surface area (TPSA) is 85.5 Å². The largest absolute Gasteiger partial charge is 0.488 e. The molecule has 18 heavy (non-hydrogen) atoms. The van der Waals surface area contributed by atoms with Crippen molar-refractivity contribution in [1.29, 1.82) is 0 Å². The molecule has 96 valence electrons. The number of amides is 2. The zero-order chi connectivity index (χ0) is 13.3. The molecule has 2 rings (SSSR count). The molecule has 0 bridgehead atoms. The summed E-state index contributed by atoms with van der Waals surface area (Å²) in [7, 11) is 3.29. The van der Waals surface area contributed by atoms with Gasteiger partial charge in [-0.15, -0.1) is 0 Å². The number of rotatable bonds is 4. The highest BCUT2D eigenvalue weighted by Gasteiger charge is 2.26. The molecule has 0 saturated heterocycles. The smallest absolute Gasteiger partial charge is 0.271 e. The highest BCUT2D eigenvalue weighted by Crippen LogP contribution is 2.29. The van der Waals surface area contributed by atoms with Crippen molar-refractivity contribution < 1.29 is 14.3 Å². The highest BCUT2D eigenvalue weighted by atomic mass is 16.5. The predicted molar refractivity (Wildman–Crippen MR) is 64.4 cm³/mol. The number of carbonyl (C=O) groups excluding carboxylic acids is 2. The zero-order valence-corrected chi connectivity index (χ0v) is 10.3.